The molecule has 1 aliphatic rings. The highest BCUT2D eigenvalue weighted by Gasteiger charge is 2.21. The molecule has 1 aliphatic heterocycles. The molecule has 3 aromatic rings. The van der Waals surface area contributed by atoms with Gasteiger partial charge >= 0.3 is 0 Å². The van der Waals surface area contributed by atoms with E-state index in [1.54, 1.807) is 24.3 Å². The summed E-state index contributed by atoms with van der Waals surface area (Å²) in [6.45, 7) is 6.66. The summed E-state index contributed by atoms with van der Waals surface area (Å²) in [5.41, 5.74) is 3.64. The molecule has 4 rings (SSSR count). The number of carbonyl (C=O) groups excluding carboxylic acids is 1. The minimum absolute atomic E-state index is 0.0338. The monoisotopic (exact) mass is 434 g/mol. The topological polar surface area (TPSA) is 58.4 Å². The van der Waals surface area contributed by atoms with Crippen LogP contribution in [0.4, 0.5) is 10.2 Å². The third kappa shape index (κ3) is 4.88. The Morgan fingerprint density at radius 3 is 2.47 bits per heavy atom. The second-order valence-corrected chi connectivity index (χ2v) is 8.23. The molecule has 2 heterocycles. The van der Waals surface area contributed by atoms with E-state index in [4.69, 9.17) is 0 Å². The Hall–Kier alpha value is -3.48. The molecule has 1 amide bonds. The standard InChI is InChI=1S/C25H27FN4O2/c1-18-4-9-22(16-19(18)2)30-24(31)11-10-23(27-30)28-12-3-13-29(15-14-28)25(32)17-20-5-7-21(26)8-6-20/h4-11,16H,3,12-15,17H2,1-2H3. The summed E-state index contributed by atoms with van der Waals surface area (Å²) in [5, 5.41) is 4.62. The summed E-state index contributed by atoms with van der Waals surface area (Å²) >= 11 is 0. The lowest BCUT2D eigenvalue weighted by Gasteiger charge is -2.23. The maximum atomic E-state index is 13.1. The van der Waals surface area contributed by atoms with Gasteiger partial charge in [-0.3, -0.25) is 9.59 Å². The number of aryl methyl sites for hydroxylation is 2. The SMILES string of the molecule is Cc1ccc(-n2nc(N3CCCN(C(=O)Cc4ccc(F)cc4)CC3)ccc2=O)cc1C. The highest BCUT2D eigenvalue weighted by atomic mass is 19.1. The molecule has 1 fully saturated rings. The third-order valence-corrected chi connectivity index (χ3v) is 5.96. The van der Waals surface area contributed by atoms with Crippen molar-refractivity contribution in [1.29, 1.82) is 0 Å². The number of rotatable bonds is 4. The first-order valence-electron chi connectivity index (χ1n) is 10.9. The number of carbonyl (C=O) groups is 1. The van der Waals surface area contributed by atoms with E-state index in [1.807, 2.05) is 36.9 Å². The van der Waals surface area contributed by atoms with Crippen LogP contribution in [0.25, 0.3) is 5.69 Å². The predicted molar refractivity (Wildman–Crippen MR) is 123 cm³/mol. The van der Waals surface area contributed by atoms with Gasteiger partial charge in [0, 0.05) is 32.2 Å². The summed E-state index contributed by atoms with van der Waals surface area (Å²) in [6.07, 6.45) is 1.07. The molecule has 0 saturated carbocycles. The number of hydrogen-bond acceptors (Lipinski definition) is 4. The van der Waals surface area contributed by atoms with Gasteiger partial charge in [0.2, 0.25) is 5.91 Å². The lowest BCUT2D eigenvalue weighted by Crippen LogP contribution is -2.36. The number of amides is 1. The molecular weight excluding hydrogens is 407 g/mol. The van der Waals surface area contributed by atoms with Gasteiger partial charge in [-0.05, 0) is 67.3 Å². The molecule has 1 aromatic heterocycles. The van der Waals surface area contributed by atoms with Crippen molar-refractivity contribution < 1.29 is 9.18 Å². The van der Waals surface area contributed by atoms with Crippen molar-refractivity contribution in [3.63, 3.8) is 0 Å². The van der Waals surface area contributed by atoms with Gasteiger partial charge in [0.1, 0.15) is 11.6 Å². The number of anilines is 1. The Kier molecular flexibility index (Phi) is 6.35. The van der Waals surface area contributed by atoms with Crippen molar-refractivity contribution in [3.8, 4) is 5.69 Å². The maximum Gasteiger partial charge on any atom is 0.271 e. The Bertz CT molecular complexity index is 1170. The van der Waals surface area contributed by atoms with Crippen LogP contribution in [0.15, 0.2) is 59.4 Å². The van der Waals surface area contributed by atoms with Gasteiger partial charge in [0.15, 0.2) is 0 Å². The van der Waals surface area contributed by atoms with E-state index in [-0.39, 0.29) is 23.7 Å². The highest BCUT2D eigenvalue weighted by Crippen LogP contribution is 2.16. The van der Waals surface area contributed by atoms with Crippen molar-refractivity contribution in [1.82, 2.24) is 14.7 Å². The van der Waals surface area contributed by atoms with Crippen molar-refractivity contribution in [2.75, 3.05) is 31.1 Å². The molecule has 0 spiro atoms. The molecule has 2 aromatic carbocycles. The van der Waals surface area contributed by atoms with E-state index in [2.05, 4.69) is 10.00 Å². The molecule has 6 nitrogen and oxygen atoms in total. The van der Waals surface area contributed by atoms with Crippen LogP contribution in [0.1, 0.15) is 23.1 Å². The fourth-order valence-corrected chi connectivity index (χ4v) is 3.90. The molecule has 166 valence electrons. The zero-order valence-corrected chi connectivity index (χ0v) is 18.4. The number of benzene rings is 2. The van der Waals surface area contributed by atoms with Crippen molar-refractivity contribution in [2.45, 2.75) is 26.7 Å². The van der Waals surface area contributed by atoms with E-state index in [9.17, 15) is 14.0 Å². The number of aromatic nitrogens is 2. The first kappa shape index (κ1) is 21.7. The molecule has 0 radical (unpaired) electrons. The molecule has 7 heteroatoms. The Balaban J connectivity index is 1.47. The van der Waals surface area contributed by atoms with Gasteiger partial charge < -0.3 is 9.80 Å². The Labute approximate surface area is 186 Å². The van der Waals surface area contributed by atoms with Gasteiger partial charge in [-0.2, -0.15) is 4.68 Å². The van der Waals surface area contributed by atoms with Crippen LogP contribution >= 0.6 is 0 Å². The number of halogens is 1. The highest BCUT2D eigenvalue weighted by molar-refractivity contribution is 5.78. The molecule has 32 heavy (non-hydrogen) atoms. The minimum atomic E-state index is -0.304. The molecule has 0 atom stereocenters. The summed E-state index contributed by atoms with van der Waals surface area (Å²) < 4.78 is 14.5. The van der Waals surface area contributed by atoms with E-state index < -0.39 is 0 Å². The van der Waals surface area contributed by atoms with Gasteiger partial charge in [-0.15, -0.1) is 5.10 Å². The van der Waals surface area contributed by atoms with Crippen LogP contribution in [0.2, 0.25) is 0 Å². The lowest BCUT2D eigenvalue weighted by atomic mass is 10.1. The zero-order chi connectivity index (χ0) is 22.7. The largest absolute Gasteiger partial charge is 0.353 e. The number of nitrogens with zero attached hydrogens (tertiary/aromatic N) is 4. The van der Waals surface area contributed by atoms with Crippen LogP contribution in [-0.2, 0) is 11.2 Å². The summed E-state index contributed by atoms with van der Waals surface area (Å²) in [5.74, 6) is 0.448. The fourth-order valence-electron chi connectivity index (χ4n) is 3.90. The van der Waals surface area contributed by atoms with Crippen LogP contribution in [-0.4, -0.2) is 46.8 Å². The molecule has 1 saturated heterocycles. The predicted octanol–water partition coefficient (Wildman–Crippen LogP) is 3.27. The van der Waals surface area contributed by atoms with Crippen LogP contribution in [0.3, 0.4) is 0 Å². The minimum Gasteiger partial charge on any atom is -0.353 e. The summed E-state index contributed by atoms with van der Waals surface area (Å²) in [4.78, 5) is 29.2. The molecule has 0 bridgehead atoms. The number of hydrogen-bond donors (Lipinski definition) is 0. The van der Waals surface area contributed by atoms with Crippen LogP contribution < -0.4 is 10.5 Å². The fraction of sp³-hybridized carbons (Fsp3) is 0.320. The van der Waals surface area contributed by atoms with Crippen molar-refractivity contribution in [2.24, 2.45) is 0 Å². The van der Waals surface area contributed by atoms with E-state index >= 15 is 0 Å². The second kappa shape index (κ2) is 9.34. The Morgan fingerprint density at radius 1 is 0.938 bits per heavy atom. The average Bonchev–Trinajstić information content (AvgIpc) is 3.04. The lowest BCUT2D eigenvalue weighted by molar-refractivity contribution is -0.130. The van der Waals surface area contributed by atoms with Crippen molar-refractivity contribution in [3.05, 3.63) is 87.5 Å². The summed E-state index contributed by atoms with van der Waals surface area (Å²) in [6, 6.07) is 15.2. The van der Waals surface area contributed by atoms with Gasteiger partial charge in [-0.1, -0.05) is 18.2 Å². The normalized spacial score (nSPS) is 14.3. The molecule has 0 aliphatic carbocycles. The quantitative estimate of drug-likeness (QED) is 0.633. The van der Waals surface area contributed by atoms with Crippen LogP contribution in [0.5, 0.6) is 0 Å². The van der Waals surface area contributed by atoms with Crippen LogP contribution in [0, 0.1) is 19.7 Å². The second-order valence-electron chi connectivity index (χ2n) is 8.23. The van der Waals surface area contributed by atoms with Gasteiger partial charge in [-0.25, -0.2) is 4.39 Å². The van der Waals surface area contributed by atoms with Crippen molar-refractivity contribution >= 4 is 11.7 Å². The molecular formula is C25H27FN4O2. The third-order valence-electron chi connectivity index (χ3n) is 5.96. The van der Waals surface area contributed by atoms with Gasteiger partial charge in [0.25, 0.3) is 5.56 Å². The van der Waals surface area contributed by atoms with Gasteiger partial charge in [0.05, 0.1) is 12.1 Å². The molecule has 0 N–H and O–H groups in total. The summed E-state index contributed by atoms with van der Waals surface area (Å²) in [7, 11) is 0. The average molecular weight is 435 g/mol. The first-order valence-corrected chi connectivity index (χ1v) is 10.9. The molecule has 0 unspecified atom stereocenters. The Morgan fingerprint density at radius 2 is 1.72 bits per heavy atom. The smallest absolute Gasteiger partial charge is 0.271 e. The maximum absolute atomic E-state index is 13.1. The van der Waals surface area contributed by atoms with E-state index in [1.165, 1.54) is 16.8 Å². The first-order chi connectivity index (χ1) is 15.4. The van der Waals surface area contributed by atoms with E-state index in [0.717, 1.165) is 41.2 Å². The van der Waals surface area contributed by atoms with E-state index in [0.29, 0.717) is 19.6 Å². The zero-order valence-electron chi connectivity index (χ0n) is 18.4.